The highest BCUT2D eigenvalue weighted by Crippen LogP contribution is 2.36. The minimum atomic E-state index is -0.618. The topological polar surface area (TPSA) is 72.4 Å². The molecule has 5 nitrogen and oxygen atoms in total. The van der Waals surface area contributed by atoms with Crippen LogP contribution in [0.2, 0.25) is 0 Å². The van der Waals surface area contributed by atoms with Gasteiger partial charge in [-0.05, 0) is 54.6 Å². The second-order valence-corrected chi connectivity index (χ2v) is 6.22. The average Bonchev–Trinajstić information content (AvgIpc) is 2.45. The monoisotopic (exact) mass is 359 g/mol. The second-order valence-electron chi connectivity index (χ2n) is 5.37. The maximum Gasteiger partial charge on any atom is 0.295 e. The van der Waals surface area contributed by atoms with Gasteiger partial charge in [0.25, 0.3) is 5.69 Å². The number of halogens is 2. The smallest absolute Gasteiger partial charge is 0.295 e. The molecule has 0 heterocycles. The van der Waals surface area contributed by atoms with Gasteiger partial charge in [0.05, 0.1) is 15.5 Å². The van der Waals surface area contributed by atoms with Gasteiger partial charge in [-0.3, -0.25) is 10.1 Å². The molecule has 0 unspecified atom stereocenters. The zero-order chi connectivity index (χ0) is 15.6. The van der Waals surface area contributed by atoms with Crippen molar-refractivity contribution < 1.29 is 9.31 Å². The van der Waals surface area contributed by atoms with Crippen LogP contribution in [0.25, 0.3) is 0 Å². The number of nitro groups is 1. The van der Waals surface area contributed by atoms with Crippen molar-refractivity contribution in [1.29, 1.82) is 0 Å². The molecule has 2 rings (SSSR count). The number of nitrogens with zero attached hydrogens (tertiary/aromatic N) is 2. The summed E-state index contributed by atoms with van der Waals surface area (Å²) in [6.07, 6.45) is 3.64. The van der Waals surface area contributed by atoms with E-state index >= 15 is 0 Å². The van der Waals surface area contributed by atoms with Crippen LogP contribution in [-0.2, 0) is 0 Å². The third-order valence-electron chi connectivity index (χ3n) is 4.05. The Kier molecular flexibility index (Phi) is 5.16. The van der Waals surface area contributed by atoms with Gasteiger partial charge in [-0.25, -0.2) is 4.39 Å². The van der Waals surface area contributed by atoms with Crippen molar-refractivity contribution in [3.05, 3.63) is 32.5 Å². The molecule has 0 saturated heterocycles. The van der Waals surface area contributed by atoms with E-state index in [2.05, 4.69) is 15.9 Å². The predicted molar refractivity (Wildman–Crippen MR) is 84.0 cm³/mol. The molecule has 0 aliphatic heterocycles. The fourth-order valence-electron chi connectivity index (χ4n) is 2.94. The van der Waals surface area contributed by atoms with Gasteiger partial charge in [-0.15, -0.1) is 0 Å². The molecule has 1 aliphatic carbocycles. The Morgan fingerprint density at radius 2 is 2.05 bits per heavy atom. The van der Waals surface area contributed by atoms with Gasteiger partial charge in [0.15, 0.2) is 0 Å². The maximum atomic E-state index is 13.6. The lowest BCUT2D eigenvalue weighted by Gasteiger charge is -2.36. The van der Waals surface area contributed by atoms with Crippen LogP contribution in [0, 0.1) is 15.9 Å². The van der Waals surface area contributed by atoms with Gasteiger partial charge in [0.2, 0.25) is 0 Å². The Balaban J connectivity index is 2.37. The molecule has 116 valence electrons. The number of nitrogens with two attached hydrogens (primary N) is 1. The summed E-state index contributed by atoms with van der Waals surface area (Å²) in [7, 11) is 0. The summed E-state index contributed by atoms with van der Waals surface area (Å²) in [5.74, 6) is -0.618. The molecular weight excluding hydrogens is 341 g/mol. The molecule has 21 heavy (non-hydrogen) atoms. The van der Waals surface area contributed by atoms with Crippen LogP contribution in [0.4, 0.5) is 15.8 Å². The third kappa shape index (κ3) is 3.52. The molecule has 0 bridgehead atoms. The number of rotatable bonds is 4. The summed E-state index contributed by atoms with van der Waals surface area (Å²) < 4.78 is 13.8. The van der Waals surface area contributed by atoms with E-state index in [9.17, 15) is 14.5 Å². The fourth-order valence-corrected chi connectivity index (χ4v) is 3.27. The van der Waals surface area contributed by atoms with E-state index in [1.54, 1.807) is 0 Å². The van der Waals surface area contributed by atoms with Crippen molar-refractivity contribution in [2.24, 2.45) is 5.73 Å². The molecule has 0 atom stereocenters. The number of nitro benzene ring substituents is 1. The number of anilines is 1. The highest BCUT2D eigenvalue weighted by molar-refractivity contribution is 9.10. The Hall–Kier alpha value is -1.21. The number of benzene rings is 1. The van der Waals surface area contributed by atoms with E-state index in [0.29, 0.717) is 12.2 Å². The van der Waals surface area contributed by atoms with Gasteiger partial charge in [-0.1, -0.05) is 0 Å². The normalized spacial score (nSPS) is 22.1. The van der Waals surface area contributed by atoms with Gasteiger partial charge >= 0.3 is 0 Å². The lowest BCUT2D eigenvalue weighted by Crippen LogP contribution is -2.41. The Labute approximate surface area is 131 Å². The zero-order valence-corrected chi connectivity index (χ0v) is 13.5. The maximum absolute atomic E-state index is 13.6. The first kappa shape index (κ1) is 16.2. The Morgan fingerprint density at radius 3 is 2.57 bits per heavy atom. The van der Waals surface area contributed by atoms with E-state index in [1.165, 1.54) is 6.07 Å². The van der Waals surface area contributed by atoms with Crippen molar-refractivity contribution in [2.45, 2.75) is 44.7 Å². The van der Waals surface area contributed by atoms with Crippen molar-refractivity contribution in [1.82, 2.24) is 0 Å². The molecule has 1 fully saturated rings. The summed E-state index contributed by atoms with van der Waals surface area (Å²) in [6, 6.07) is 2.92. The van der Waals surface area contributed by atoms with E-state index in [4.69, 9.17) is 5.73 Å². The minimum absolute atomic E-state index is 0.188. The predicted octanol–water partition coefficient (Wildman–Crippen LogP) is 3.59. The van der Waals surface area contributed by atoms with Gasteiger partial charge in [-0.2, -0.15) is 0 Å². The molecule has 0 spiro atoms. The van der Waals surface area contributed by atoms with E-state index in [0.717, 1.165) is 31.7 Å². The summed E-state index contributed by atoms with van der Waals surface area (Å²) in [6.45, 7) is 2.59. The minimum Gasteiger partial charge on any atom is -0.363 e. The van der Waals surface area contributed by atoms with Gasteiger partial charge < -0.3 is 10.6 Å². The van der Waals surface area contributed by atoms with Crippen LogP contribution < -0.4 is 10.6 Å². The summed E-state index contributed by atoms with van der Waals surface area (Å²) in [5.41, 5.74) is 6.20. The van der Waals surface area contributed by atoms with Crippen molar-refractivity contribution in [2.75, 3.05) is 11.4 Å². The molecule has 2 N–H and O–H groups in total. The first-order valence-electron chi connectivity index (χ1n) is 7.09. The fraction of sp³-hybridized carbons (Fsp3) is 0.571. The van der Waals surface area contributed by atoms with Crippen LogP contribution in [0.5, 0.6) is 0 Å². The molecule has 0 aromatic heterocycles. The van der Waals surface area contributed by atoms with Crippen LogP contribution in [0.1, 0.15) is 32.6 Å². The molecule has 1 saturated carbocycles. The molecule has 7 heteroatoms. The standard InChI is InChI=1S/C14H19BrFN3O2/c1-2-18(10-5-3-9(17)4-6-10)13-7-11(15)12(16)8-14(13)19(20)21/h7-10H,2-6,17H2,1H3. The van der Waals surface area contributed by atoms with Crippen molar-refractivity contribution in [3.8, 4) is 0 Å². The highest BCUT2D eigenvalue weighted by Gasteiger charge is 2.29. The summed E-state index contributed by atoms with van der Waals surface area (Å²) >= 11 is 3.12. The largest absolute Gasteiger partial charge is 0.363 e. The first-order valence-corrected chi connectivity index (χ1v) is 7.89. The third-order valence-corrected chi connectivity index (χ3v) is 4.65. The molecule has 1 aromatic rings. The number of hydrogen-bond donors (Lipinski definition) is 1. The summed E-state index contributed by atoms with van der Waals surface area (Å²) in [5, 5.41) is 11.2. The Bertz CT molecular complexity index is 533. The highest BCUT2D eigenvalue weighted by atomic mass is 79.9. The number of hydrogen-bond acceptors (Lipinski definition) is 4. The van der Waals surface area contributed by atoms with Crippen LogP contribution in [0.3, 0.4) is 0 Å². The molecule has 1 aromatic carbocycles. The van der Waals surface area contributed by atoms with Crippen LogP contribution in [-0.4, -0.2) is 23.6 Å². The lowest BCUT2D eigenvalue weighted by molar-refractivity contribution is -0.384. The molecule has 0 radical (unpaired) electrons. The van der Waals surface area contributed by atoms with Gasteiger partial charge in [0, 0.05) is 18.6 Å². The average molecular weight is 360 g/mol. The lowest BCUT2D eigenvalue weighted by atomic mass is 9.90. The van der Waals surface area contributed by atoms with Gasteiger partial charge in [0.1, 0.15) is 11.5 Å². The molecule has 1 aliphatic rings. The second kappa shape index (κ2) is 6.70. The summed E-state index contributed by atoms with van der Waals surface area (Å²) in [4.78, 5) is 12.7. The van der Waals surface area contributed by atoms with Crippen molar-refractivity contribution in [3.63, 3.8) is 0 Å². The molecular formula is C14H19BrFN3O2. The molecule has 0 amide bonds. The Morgan fingerprint density at radius 1 is 1.43 bits per heavy atom. The quantitative estimate of drug-likeness (QED) is 0.658. The van der Waals surface area contributed by atoms with E-state index < -0.39 is 10.7 Å². The SMILES string of the molecule is CCN(c1cc(Br)c(F)cc1[N+](=O)[O-])C1CCC(N)CC1. The van der Waals surface area contributed by atoms with E-state index in [1.807, 2.05) is 11.8 Å². The zero-order valence-electron chi connectivity index (χ0n) is 11.9. The van der Waals surface area contributed by atoms with Crippen LogP contribution >= 0.6 is 15.9 Å². The first-order chi connectivity index (χ1) is 9.93. The van der Waals surface area contributed by atoms with E-state index in [-0.39, 0.29) is 22.2 Å². The van der Waals surface area contributed by atoms with Crippen LogP contribution in [0.15, 0.2) is 16.6 Å². The van der Waals surface area contributed by atoms with Crippen molar-refractivity contribution >= 4 is 27.3 Å².